The second-order valence-electron chi connectivity index (χ2n) is 12.0. The van der Waals surface area contributed by atoms with E-state index in [4.69, 9.17) is 0 Å². The van der Waals surface area contributed by atoms with Gasteiger partial charge < -0.3 is 4.90 Å². The van der Waals surface area contributed by atoms with Crippen molar-refractivity contribution < 1.29 is 0 Å². The highest BCUT2D eigenvalue weighted by atomic mass is 16.1. The molecular weight excluding hydrogens is 560 g/mol. The van der Waals surface area contributed by atoms with E-state index < -0.39 is 0 Å². The first-order chi connectivity index (χ1) is 22.7. The summed E-state index contributed by atoms with van der Waals surface area (Å²) >= 11 is 0. The zero-order chi connectivity index (χ0) is 30.6. The van der Waals surface area contributed by atoms with Crippen LogP contribution >= 0.6 is 0 Å². The summed E-state index contributed by atoms with van der Waals surface area (Å²) in [6, 6.07) is 51.5. The van der Waals surface area contributed by atoms with Crippen molar-refractivity contribution in [3.8, 4) is 22.3 Å². The van der Waals surface area contributed by atoms with E-state index in [9.17, 15) is 4.79 Å². The van der Waals surface area contributed by atoms with Gasteiger partial charge in [-0.3, -0.25) is 9.20 Å². The van der Waals surface area contributed by atoms with Gasteiger partial charge in [-0.05, 0) is 83.1 Å². The molecule has 0 saturated carbocycles. The van der Waals surface area contributed by atoms with E-state index >= 15 is 0 Å². The Morgan fingerprint density at radius 1 is 0.522 bits per heavy atom. The quantitative estimate of drug-likeness (QED) is 0.199. The minimum Gasteiger partial charge on any atom is -0.310 e. The van der Waals surface area contributed by atoms with Crippen molar-refractivity contribution in [1.82, 2.24) is 4.40 Å². The normalized spacial score (nSPS) is 12.6. The van der Waals surface area contributed by atoms with Gasteiger partial charge >= 0.3 is 0 Å². The van der Waals surface area contributed by atoms with Crippen LogP contribution in [0.3, 0.4) is 0 Å². The zero-order valence-electron chi connectivity index (χ0n) is 25.2. The largest absolute Gasteiger partial charge is 0.310 e. The lowest BCUT2D eigenvalue weighted by Gasteiger charge is -2.26. The van der Waals surface area contributed by atoms with Crippen molar-refractivity contribution in [2.75, 3.05) is 4.90 Å². The van der Waals surface area contributed by atoms with Crippen LogP contribution in [0.15, 0.2) is 156 Å². The smallest absolute Gasteiger partial charge is 0.259 e. The molecule has 46 heavy (non-hydrogen) atoms. The number of aromatic nitrogens is 1. The number of anilines is 3. The van der Waals surface area contributed by atoms with Crippen LogP contribution in [0.4, 0.5) is 17.1 Å². The van der Waals surface area contributed by atoms with Gasteiger partial charge in [-0.15, -0.1) is 0 Å². The van der Waals surface area contributed by atoms with Crippen LogP contribution in [-0.2, 0) is 6.42 Å². The number of hydrogen-bond donors (Lipinski definition) is 0. The first kappa shape index (κ1) is 26.5. The fraction of sp³-hybridized carbons (Fsp3) is 0.0465. The molecule has 6 aromatic carbocycles. The lowest BCUT2D eigenvalue weighted by molar-refractivity contribution is 0.947. The van der Waals surface area contributed by atoms with E-state index in [-0.39, 0.29) is 5.56 Å². The first-order valence-electron chi connectivity index (χ1n) is 15.9. The average Bonchev–Trinajstić information content (AvgIpc) is 3.47. The van der Waals surface area contributed by atoms with E-state index in [1.54, 1.807) is 0 Å². The molecule has 0 radical (unpaired) electrons. The van der Waals surface area contributed by atoms with Crippen molar-refractivity contribution in [3.63, 3.8) is 0 Å². The molecule has 0 atom stereocenters. The van der Waals surface area contributed by atoms with E-state index in [1.165, 1.54) is 22.3 Å². The molecule has 0 unspecified atom stereocenters. The molecule has 1 aliphatic rings. The molecule has 3 heteroatoms. The number of para-hydroxylation sites is 1. The Bertz CT molecular complexity index is 2380. The molecule has 0 saturated heterocycles. The van der Waals surface area contributed by atoms with Gasteiger partial charge in [0.15, 0.2) is 0 Å². The van der Waals surface area contributed by atoms with Crippen LogP contribution < -0.4 is 10.5 Å². The maximum atomic E-state index is 13.9. The fourth-order valence-corrected chi connectivity index (χ4v) is 7.21. The lowest BCUT2D eigenvalue weighted by atomic mass is 9.94. The highest BCUT2D eigenvalue weighted by Crippen LogP contribution is 2.41. The van der Waals surface area contributed by atoms with Crippen LogP contribution in [0, 0.1) is 0 Å². The molecule has 0 spiro atoms. The molecule has 8 aromatic rings. The Hall–Kier alpha value is -5.93. The molecule has 2 heterocycles. The van der Waals surface area contributed by atoms with Crippen molar-refractivity contribution in [3.05, 3.63) is 173 Å². The number of benzene rings is 6. The van der Waals surface area contributed by atoms with Crippen LogP contribution in [0.5, 0.6) is 0 Å². The molecule has 0 amide bonds. The van der Waals surface area contributed by atoms with Crippen LogP contribution in [-0.4, -0.2) is 4.40 Å². The molecular formula is C43H30N2O. The Kier molecular flexibility index (Phi) is 6.10. The Balaban J connectivity index is 1.24. The number of pyridine rings is 1. The summed E-state index contributed by atoms with van der Waals surface area (Å²) in [7, 11) is 0. The third-order valence-electron chi connectivity index (χ3n) is 9.42. The summed E-state index contributed by atoms with van der Waals surface area (Å²) in [6.45, 7) is 0. The van der Waals surface area contributed by atoms with Crippen molar-refractivity contribution >= 4 is 50.3 Å². The van der Waals surface area contributed by atoms with Gasteiger partial charge in [-0.25, -0.2) is 0 Å². The third kappa shape index (κ3) is 4.17. The highest BCUT2D eigenvalue weighted by molar-refractivity contribution is 6.16. The summed E-state index contributed by atoms with van der Waals surface area (Å²) in [5, 5.41) is 3.33. The monoisotopic (exact) mass is 590 g/mol. The van der Waals surface area contributed by atoms with Gasteiger partial charge in [0.1, 0.15) is 0 Å². The minimum atomic E-state index is 0.107. The maximum Gasteiger partial charge on any atom is 0.259 e. The summed E-state index contributed by atoms with van der Waals surface area (Å²) < 4.78 is 1.95. The number of rotatable bonds is 5. The standard InChI is InChI=1S/C43H30N2O/c46-43-39-15-8-7-14-36(39)37-16-9-17-38-40-28-35(26-27-41(40)45(43)42(37)38)44(33-22-18-31(19-23-33)29-10-3-1-4-11-29)34-24-20-32(21-25-34)30-12-5-2-6-13-30/h1-7,9-14,16-28H,8,15H2. The SMILES string of the molecule is O=c1c2c(c3cccc4c5cc(N(c6ccc(-c7ccccc7)cc6)c6ccc(-c7ccccc7)cc6)ccc5n1c34)C=CCC2. The number of hydrogen-bond acceptors (Lipinski definition) is 2. The molecule has 9 rings (SSSR count). The van der Waals surface area contributed by atoms with Crippen LogP contribution in [0.25, 0.3) is 55.5 Å². The highest BCUT2D eigenvalue weighted by Gasteiger charge is 2.22. The molecule has 3 nitrogen and oxygen atoms in total. The first-order valence-corrected chi connectivity index (χ1v) is 15.9. The van der Waals surface area contributed by atoms with Gasteiger partial charge in [-0.1, -0.05) is 115 Å². The number of nitrogens with zero attached hydrogens (tertiary/aromatic N) is 2. The summed E-state index contributed by atoms with van der Waals surface area (Å²) in [5.74, 6) is 0. The van der Waals surface area contributed by atoms with Crippen molar-refractivity contribution in [2.45, 2.75) is 12.8 Å². The molecule has 0 bridgehead atoms. The van der Waals surface area contributed by atoms with E-state index in [0.717, 1.165) is 68.2 Å². The topological polar surface area (TPSA) is 24.7 Å². The van der Waals surface area contributed by atoms with Crippen molar-refractivity contribution in [1.29, 1.82) is 0 Å². The van der Waals surface area contributed by atoms with E-state index in [2.05, 4.69) is 151 Å². The van der Waals surface area contributed by atoms with Crippen LogP contribution in [0.2, 0.25) is 0 Å². The van der Waals surface area contributed by atoms with Crippen molar-refractivity contribution in [2.24, 2.45) is 0 Å². The van der Waals surface area contributed by atoms with E-state index in [1.807, 2.05) is 16.5 Å². The van der Waals surface area contributed by atoms with Crippen LogP contribution in [0.1, 0.15) is 17.5 Å². The predicted octanol–water partition coefficient (Wildman–Crippen LogP) is 10.8. The lowest BCUT2D eigenvalue weighted by Crippen LogP contribution is -2.20. The molecule has 2 aromatic heterocycles. The summed E-state index contributed by atoms with van der Waals surface area (Å²) in [6.07, 6.45) is 6.01. The predicted molar refractivity (Wildman–Crippen MR) is 193 cm³/mol. The summed E-state index contributed by atoms with van der Waals surface area (Å²) in [5.41, 5.74) is 12.0. The van der Waals surface area contributed by atoms with Gasteiger partial charge in [0.2, 0.25) is 0 Å². The van der Waals surface area contributed by atoms with E-state index in [0.29, 0.717) is 0 Å². The second kappa shape index (κ2) is 10.6. The summed E-state index contributed by atoms with van der Waals surface area (Å²) in [4.78, 5) is 16.2. The molecule has 218 valence electrons. The molecule has 1 aliphatic carbocycles. The number of allylic oxidation sites excluding steroid dienone is 1. The average molecular weight is 591 g/mol. The molecule has 0 aliphatic heterocycles. The molecule has 0 fully saturated rings. The third-order valence-corrected chi connectivity index (χ3v) is 9.42. The Labute approximate surface area is 267 Å². The Morgan fingerprint density at radius 2 is 1.09 bits per heavy atom. The van der Waals surface area contributed by atoms with Gasteiger partial charge in [0, 0.05) is 38.8 Å². The maximum absolute atomic E-state index is 13.9. The second-order valence-corrected chi connectivity index (χ2v) is 12.0. The molecule has 0 N–H and O–H groups in total. The van der Waals surface area contributed by atoms with Gasteiger partial charge in [0.25, 0.3) is 5.56 Å². The zero-order valence-corrected chi connectivity index (χ0v) is 25.2. The Morgan fingerprint density at radius 3 is 1.72 bits per heavy atom. The van der Waals surface area contributed by atoms with Gasteiger partial charge in [0.05, 0.1) is 11.0 Å². The number of fused-ring (bicyclic) bond motifs is 5. The van der Waals surface area contributed by atoms with Gasteiger partial charge in [-0.2, -0.15) is 0 Å². The minimum absolute atomic E-state index is 0.107. The fourth-order valence-electron chi connectivity index (χ4n) is 7.21.